The van der Waals surface area contributed by atoms with Crippen molar-refractivity contribution in [3.05, 3.63) is 56.8 Å². The van der Waals surface area contributed by atoms with E-state index in [1.165, 1.54) is 13.2 Å². The number of carbonyl (C=O) groups excluding carboxylic acids is 3. The molecule has 4 rings (SSSR count). The van der Waals surface area contributed by atoms with Gasteiger partial charge in [0.05, 0.1) is 29.3 Å². The van der Waals surface area contributed by atoms with Crippen LogP contribution in [0.3, 0.4) is 0 Å². The van der Waals surface area contributed by atoms with Crippen molar-refractivity contribution in [1.29, 1.82) is 0 Å². The van der Waals surface area contributed by atoms with Crippen molar-refractivity contribution in [1.82, 2.24) is 25.4 Å². The summed E-state index contributed by atoms with van der Waals surface area (Å²) in [5.74, 6) is -1.22. The van der Waals surface area contributed by atoms with Crippen molar-refractivity contribution in [2.75, 3.05) is 77.1 Å². The average Bonchev–Trinajstić information content (AvgIpc) is 2.96. The minimum Gasteiger partial charge on any atom is -0.461 e. The zero-order valence-electron chi connectivity index (χ0n) is 22.9. The van der Waals surface area contributed by atoms with Crippen LogP contribution in [0.4, 0.5) is 11.5 Å². The van der Waals surface area contributed by atoms with Crippen molar-refractivity contribution >= 4 is 40.9 Å². The van der Waals surface area contributed by atoms with Gasteiger partial charge in [-0.15, -0.1) is 0 Å². The highest BCUT2D eigenvalue weighted by molar-refractivity contribution is 6.33. The van der Waals surface area contributed by atoms with Gasteiger partial charge in [-0.05, 0) is 36.8 Å². The predicted molar refractivity (Wildman–Crippen MR) is 154 cm³/mol. The lowest BCUT2D eigenvalue weighted by molar-refractivity contribution is -0.118. The van der Waals surface area contributed by atoms with E-state index in [1.807, 2.05) is 4.90 Å². The highest BCUT2D eigenvalue weighted by Crippen LogP contribution is 2.17. The molecule has 2 fully saturated rings. The van der Waals surface area contributed by atoms with Gasteiger partial charge >= 0.3 is 5.97 Å². The molecule has 2 atom stereocenters. The van der Waals surface area contributed by atoms with Crippen LogP contribution in [0.25, 0.3) is 0 Å². The van der Waals surface area contributed by atoms with Gasteiger partial charge in [-0.25, -0.2) is 4.79 Å². The number of ether oxygens (including phenoxy) is 2. The maximum atomic E-state index is 12.7. The van der Waals surface area contributed by atoms with Gasteiger partial charge in [0.1, 0.15) is 18.0 Å². The predicted octanol–water partition coefficient (Wildman–Crippen LogP) is 0.130. The molecule has 2 aliphatic rings. The number of aromatic amines is 1. The number of pyridine rings is 1. The molecule has 0 aliphatic carbocycles. The fourth-order valence-corrected chi connectivity index (χ4v) is 5.00. The molecular formula is C27H36ClN7O6. The van der Waals surface area contributed by atoms with E-state index in [9.17, 15) is 19.2 Å². The Kier molecular flexibility index (Phi) is 10.7. The number of aromatic nitrogens is 1. The molecule has 3 heterocycles. The molecule has 6 N–H and O–H groups in total. The van der Waals surface area contributed by atoms with Crippen LogP contribution < -0.4 is 27.2 Å². The lowest BCUT2D eigenvalue weighted by Gasteiger charge is -2.37. The number of piperazine rings is 1. The highest BCUT2D eigenvalue weighted by atomic mass is 35.5. The second-order valence-electron chi connectivity index (χ2n) is 10.0. The van der Waals surface area contributed by atoms with E-state index >= 15 is 0 Å². The van der Waals surface area contributed by atoms with Gasteiger partial charge in [-0.2, -0.15) is 0 Å². The monoisotopic (exact) mass is 589 g/mol. The molecule has 0 saturated carbocycles. The molecule has 14 heteroatoms. The first kappa shape index (κ1) is 30.5. The number of anilines is 2. The first-order chi connectivity index (χ1) is 19.7. The Morgan fingerprint density at radius 1 is 1.12 bits per heavy atom. The maximum absolute atomic E-state index is 12.7. The summed E-state index contributed by atoms with van der Waals surface area (Å²) in [6.07, 6.45) is 0.101. The zero-order valence-corrected chi connectivity index (χ0v) is 23.7. The number of methoxy groups -OCH3 is 1. The summed E-state index contributed by atoms with van der Waals surface area (Å²) in [4.78, 5) is 56.4. The number of piperidine rings is 1. The summed E-state index contributed by atoms with van der Waals surface area (Å²) in [6.45, 7) is 5.82. The lowest BCUT2D eigenvalue weighted by atomic mass is 10.0. The highest BCUT2D eigenvalue weighted by Gasteiger charge is 2.32. The van der Waals surface area contributed by atoms with Gasteiger partial charge in [-0.3, -0.25) is 24.2 Å². The van der Waals surface area contributed by atoms with Crippen molar-refractivity contribution < 1.29 is 23.9 Å². The number of H-pyrrole nitrogens is 1. The van der Waals surface area contributed by atoms with E-state index in [0.29, 0.717) is 43.9 Å². The first-order valence-electron chi connectivity index (χ1n) is 13.5. The number of esters is 1. The summed E-state index contributed by atoms with van der Waals surface area (Å²) in [5.41, 5.74) is 5.78. The van der Waals surface area contributed by atoms with Crippen molar-refractivity contribution in [3.8, 4) is 0 Å². The van der Waals surface area contributed by atoms with Crippen LogP contribution in [0.5, 0.6) is 0 Å². The smallest absolute Gasteiger partial charge is 0.338 e. The topological polar surface area (TPSA) is 171 Å². The molecule has 1 aromatic carbocycles. The molecule has 2 aliphatic heterocycles. The Hall–Kier alpha value is -3.49. The summed E-state index contributed by atoms with van der Waals surface area (Å²) < 4.78 is 11.0. The number of nitrogen functional groups attached to an aromatic ring is 1. The molecule has 0 unspecified atom stereocenters. The number of hydrogen-bond acceptors (Lipinski definition) is 10. The van der Waals surface area contributed by atoms with E-state index in [1.54, 1.807) is 24.3 Å². The molecule has 41 heavy (non-hydrogen) atoms. The van der Waals surface area contributed by atoms with E-state index in [2.05, 4.69) is 25.8 Å². The molecule has 0 radical (unpaired) electrons. The Balaban J connectivity index is 1.22. The Morgan fingerprint density at radius 2 is 1.85 bits per heavy atom. The molecule has 2 amide bonds. The molecule has 2 saturated heterocycles. The zero-order chi connectivity index (χ0) is 29.4. The second kappa shape index (κ2) is 14.4. The summed E-state index contributed by atoms with van der Waals surface area (Å²) in [6, 6.07) is 7.43. The normalized spacial score (nSPS) is 19.9. The number of halogens is 1. The number of hydrogen-bond donors (Lipinski definition) is 5. The summed E-state index contributed by atoms with van der Waals surface area (Å²) in [5, 5.41) is 9.03. The van der Waals surface area contributed by atoms with Gasteiger partial charge in [-0.1, -0.05) is 11.6 Å². The standard InChI is InChI=1S/C27H36ClN7O6/c1-40-22-15-35(9-6-21(22)32-25(37)19-14-20(28)24(29)33-26(19)38)16-23(36)31-18-4-2-17(3-5-18)27(39)41-13-12-34-10-7-30-8-11-34/h2-5,14,21-22,30H,6-13,15-16H2,1H3,(H,31,36)(H,32,37)(H3,29,33,38)/t21-,22-/m1/s1. The van der Waals surface area contributed by atoms with Gasteiger partial charge in [0.15, 0.2) is 0 Å². The number of likely N-dealkylation sites (tertiary alicyclic amines) is 1. The van der Waals surface area contributed by atoms with Gasteiger partial charge < -0.3 is 36.1 Å². The van der Waals surface area contributed by atoms with E-state index < -0.39 is 23.5 Å². The fraction of sp³-hybridized carbons (Fsp3) is 0.481. The Morgan fingerprint density at radius 3 is 2.56 bits per heavy atom. The van der Waals surface area contributed by atoms with Gasteiger partial charge in [0, 0.05) is 58.6 Å². The van der Waals surface area contributed by atoms with Gasteiger partial charge in [0.25, 0.3) is 11.5 Å². The quantitative estimate of drug-likeness (QED) is 0.240. The number of nitrogens with zero attached hydrogens (tertiary/aromatic N) is 2. The van der Waals surface area contributed by atoms with Crippen LogP contribution in [-0.2, 0) is 14.3 Å². The number of nitrogens with two attached hydrogens (primary N) is 1. The second-order valence-corrected chi connectivity index (χ2v) is 10.4. The molecule has 2 aromatic rings. The van der Waals surface area contributed by atoms with Crippen molar-refractivity contribution in [2.24, 2.45) is 0 Å². The number of amides is 2. The first-order valence-corrected chi connectivity index (χ1v) is 13.9. The number of carbonyl (C=O) groups is 3. The Labute approximate surface area is 242 Å². The number of benzene rings is 1. The lowest BCUT2D eigenvalue weighted by Crippen LogP contribution is -2.56. The third kappa shape index (κ3) is 8.50. The molecule has 222 valence electrons. The van der Waals surface area contributed by atoms with E-state index in [-0.39, 0.29) is 34.9 Å². The molecule has 1 aromatic heterocycles. The minimum absolute atomic E-state index is 0.00939. The number of nitrogens with one attached hydrogen (secondary N) is 4. The average molecular weight is 590 g/mol. The van der Waals surface area contributed by atoms with Crippen LogP contribution in [0.1, 0.15) is 27.1 Å². The van der Waals surface area contributed by atoms with E-state index in [0.717, 1.165) is 26.2 Å². The summed E-state index contributed by atoms with van der Waals surface area (Å²) >= 11 is 5.95. The van der Waals surface area contributed by atoms with Crippen LogP contribution in [0, 0.1) is 0 Å². The Bertz CT molecular complexity index is 1280. The molecule has 0 spiro atoms. The largest absolute Gasteiger partial charge is 0.461 e. The number of rotatable bonds is 10. The van der Waals surface area contributed by atoms with Crippen LogP contribution in [0.2, 0.25) is 5.02 Å². The maximum Gasteiger partial charge on any atom is 0.338 e. The van der Waals surface area contributed by atoms with E-state index in [4.69, 9.17) is 26.8 Å². The minimum atomic E-state index is -0.636. The van der Waals surface area contributed by atoms with Crippen LogP contribution in [0.15, 0.2) is 35.1 Å². The van der Waals surface area contributed by atoms with Crippen molar-refractivity contribution in [2.45, 2.75) is 18.6 Å². The molecular weight excluding hydrogens is 554 g/mol. The summed E-state index contributed by atoms with van der Waals surface area (Å²) in [7, 11) is 1.53. The third-order valence-corrected chi connectivity index (χ3v) is 7.46. The van der Waals surface area contributed by atoms with Crippen molar-refractivity contribution in [3.63, 3.8) is 0 Å². The van der Waals surface area contributed by atoms with Crippen LogP contribution in [-0.4, -0.2) is 111 Å². The molecule has 0 bridgehead atoms. The van der Waals surface area contributed by atoms with Crippen LogP contribution >= 0.6 is 11.6 Å². The SMILES string of the molecule is CO[C@@H]1CN(CC(=O)Nc2ccc(C(=O)OCCN3CCNCC3)cc2)CC[C@H]1NC(=O)c1cc(Cl)c(N)[nH]c1=O. The molecule has 13 nitrogen and oxygen atoms in total. The van der Waals surface area contributed by atoms with Gasteiger partial charge in [0.2, 0.25) is 5.91 Å². The fourth-order valence-electron chi connectivity index (χ4n) is 4.84. The third-order valence-electron chi connectivity index (χ3n) is 7.15.